The first-order valence-electron chi connectivity index (χ1n) is 5.67. The number of amides is 1. The molecule has 0 aliphatic heterocycles. The monoisotopic (exact) mass is 236 g/mol. The average Bonchev–Trinajstić information content (AvgIpc) is 2.64. The zero-order valence-electron chi connectivity index (χ0n) is 9.39. The Kier molecular flexibility index (Phi) is 3.19. The van der Waals surface area contributed by atoms with Crippen molar-refractivity contribution in [1.29, 1.82) is 0 Å². The van der Waals surface area contributed by atoms with Gasteiger partial charge in [-0.3, -0.25) is 4.79 Å². The third-order valence-electron chi connectivity index (χ3n) is 3.13. The minimum Gasteiger partial charge on any atom is -0.507 e. The first-order chi connectivity index (χ1) is 8.09. The van der Waals surface area contributed by atoms with Gasteiger partial charge in [-0.05, 0) is 31.4 Å². The average molecular weight is 236 g/mol. The number of aromatic hydroxyl groups is 2. The summed E-state index contributed by atoms with van der Waals surface area (Å²) < 4.78 is 0. The minimum atomic E-state index is -0.483. The molecule has 0 spiro atoms. The van der Waals surface area contributed by atoms with Crippen LogP contribution in [-0.4, -0.2) is 28.2 Å². The molecule has 1 fully saturated rings. The second-order valence-electron chi connectivity index (χ2n) is 4.35. The van der Waals surface area contributed by atoms with E-state index in [2.05, 4.69) is 5.32 Å². The molecule has 1 aromatic rings. The zero-order chi connectivity index (χ0) is 12.4. The van der Waals surface area contributed by atoms with Crippen LogP contribution in [0.15, 0.2) is 18.2 Å². The molecule has 1 aliphatic carbocycles. The van der Waals surface area contributed by atoms with Crippen molar-refractivity contribution < 1.29 is 15.0 Å². The van der Waals surface area contributed by atoms with Gasteiger partial charge in [-0.1, -0.05) is 6.07 Å². The predicted molar refractivity (Wildman–Crippen MR) is 62.9 cm³/mol. The van der Waals surface area contributed by atoms with Gasteiger partial charge < -0.3 is 21.3 Å². The summed E-state index contributed by atoms with van der Waals surface area (Å²) in [7, 11) is 0. The standard InChI is InChI=1S/C12H16N2O3/c13-7-3-1-4-8(7)14-12(17)11-9(15)5-2-6-10(11)16/h2,5-8,15-16H,1,3-4,13H2,(H,14,17). The topological polar surface area (TPSA) is 95.6 Å². The fourth-order valence-electron chi connectivity index (χ4n) is 2.17. The fraction of sp³-hybridized carbons (Fsp3) is 0.417. The van der Waals surface area contributed by atoms with Crippen molar-refractivity contribution in [1.82, 2.24) is 5.32 Å². The molecule has 2 atom stereocenters. The number of nitrogens with one attached hydrogen (secondary N) is 1. The fourth-order valence-corrected chi connectivity index (χ4v) is 2.17. The Labute approximate surface area is 99.3 Å². The Bertz CT molecular complexity index is 414. The number of carbonyl (C=O) groups excluding carboxylic acids is 1. The van der Waals surface area contributed by atoms with Gasteiger partial charge in [-0.15, -0.1) is 0 Å². The minimum absolute atomic E-state index is 0.0491. The molecule has 5 N–H and O–H groups in total. The molecule has 0 radical (unpaired) electrons. The molecule has 2 rings (SSSR count). The smallest absolute Gasteiger partial charge is 0.259 e. The highest BCUT2D eigenvalue weighted by atomic mass is 16.3. The van der Waals surface area contributed by atoms with Gasteiger partial charge in [-0.25, -0.2) is 0 Å². The maximum absolute atomic E-state index is 11.9. The largest absolute Gasteiger partial charge is 0.507 e. The molecule has 17 heavy (non-hydrogen) atoms. The van der Waals surface area contributed by atoms with Crippen molar-refractivity contribution in [3.63, 3.8) is 0 Å². The first kappa shape index (κ1) is 11.7. The number of phenolic OH excluding ortho intramolecular Hbond substituents is 2. The van der Waals surface area contributed by atoms with E-state index in [0.717, 1.165) is 19.3 Å². The molecular formula is C12H16N2O3. The van der Waals surface area contributed by atoms with Crippen molar-refractivity contribution in [3.05, 3.63) is 23.8 Å². The molecular weight excluding hydrogens is 220 g/mol. The van der Waals surface area contributed by atoms with Gasteiger partial charge >= 0.3 is 0 Å². The normalized spacial score (nSPS) is 23.6. The van der Waals surface area contributed by atoms with Gasteiger partial charge in [0.25, 0.3) is 5.91 Å². The van der Waals surface area contributed by atoms with Crippen molar-refractivity contribution in [2.24, 2.45) is 5.73 Å². The van der Waals surface area contributed by atoms with Crippen LogP contribution in [0.2, 0.25) is 0 Å². The molecule has 5 heteroatoms. The molecule has 0 saturated heterocycles. The zero-order valence-corrected chi connectivity index (χ0v) is 9.39. The summed E-state index contributed by atoms with van der Waals surface area (Å²) >= 11 is 0. The van der Waals surface area contributed by atoms with E-state index in [9.17, 15) is 15.0 Å². The van der Waals surface area contributed by atoms with Gasteiger partial charge in [0.2, 0.25) is 0 Å². The number of benzene rings is 1. The second kappa shape index (κ2) is 4.63. The SMILES string of the molecule is NC1CCCC1NC(=O)c1c(O)cccc1O. The molecule has 1 aromatic carbocycles. The Morgan fingerprint density at radius 1 is 1.29 bits per heavy atom. The third kappa shape index (κ3) is 2.34. The molecule has 2 unspecified atom stereocenters. The van der Waals surface area contributed by atoms with Crippen molar-refractivity contribution in [2.75, 3.05) is 0 Å². The summed E-state index contributed by atoms with van der Waals surface area (Å²) in [5.41, 5.74) is 5.75. The van der Waals surface area contributed by atoms with Crippen LogP contribution in [0.4, 0.5) is 0 Å². The third-order valence-corrected chi connectivity index (χ3v) is 3.13. The van der Waals surface area contributed by atoms with Gasteiger partial charge in [0.05, 0.1) is 0 Å². The Morgan fingerprint density at radius 3 is 2.47 bits per heavy atom. The van der Waals surface area contributed by atoms with Crippen LogP contribution in [0.1, 0.15) is 29.6 Å². The number of hydrogen-bond acceptors (Lipinski definition) is 4. The maximum Gasteiger partial charge on any atom is 0.259 e. The van der Waals surface area contributed by atoms with Crippen LogP contribution < -0.4 is 11.1 Å². The maximum atomic E-state index is 11.9. The summed E-state index contributed by atoms with van der Waals surface area (Å²) in [5, 5.41) is 21.8. The lowest BCUT2D eigenvalue weighted by molar-refractivity contribution is 0.0929. The summed E-state index contributed by atoms with van der Waals surface area (Å²) in [5.74, 6) is -0.939. The van der Waals surface area contributed by atoms with Crippen LogP contribution >= 0.6 is 0 Å². The van der Waals surface area contributed by atoms with Crippen LogP contribution in [0, 0.1) is 0 Å². The van der Waals surface area contributed by atoms with Gasteiger partial charge in [0.1, 0.15) is 17.1 Å². The first-order valence-corrected chi connectivity index (χ1v) is 5.67. The quantitative estimate of drug-likeness (QED) is 0.608. The van der Waals surface area contributed by atoms with Gasteiger partial charge in [0.15, 0.2) is 0 Å². The predicted octanol–water partition coefficient (Wildman–Crippen LogP) is 0.707. The molecule has 0 aromatic heterocycles. The summed E-state index contributed by atoms with van der Waals surface area (Å²) in [6.45, 7) is 0. The highest BCUT2D eigenvalue weighted by molar-refractivity contribution is 5.99. The highest BCUT2D eigenvalue weighted by Gasteiger charge is 2.27. The van der Waals surface area contributed by atoms with Crippen LogP contribution in [0.5, 0.6) is 11.5 Å². The molecule has 1 aliphatic rings. The van der Waals surface area contributed by atoms with E-state index in [-0.39, 0.29) is 29.1 Å². The molecule has 1 amide bonds. The Hall–Kier alpha value is -1.75. The number of rotatable bonds is 2. The van der Waals surface area contributed by atoms with Crippen LogP contribution in [-0.2, 0) is 0 Å². The summed E-state index contributed by atoms with van der Waals surface area (Å²) in [6.07, 6.45) is 2.71. The van der Waals surface area contributed by atoms with Crippen molar-refractivity contribution in [2.45, 2.75) is 31.3 Å². The lowest BCUT2D eigenvalue weighted by Crippen LogP contribution is -2.44. The Morgan fingerprint density at radius 2 is 1.94 bits per heavy atom. The van der Waals surface area contributed by atoms with E-state index in [0.29, 0.717) is 0 Å². The number of phenols is 2. The number of carbonyl (C=O) groups is 1. The van der Waals surface area contributed by atoms with E-state index >= 15 is 0 Å². The lowest BCUT2D eigenvalue weighted by atomic mass is 10.1. The van der Waals surface area contributed by atoms with E-state index in [1.165, 1.54) is 18.2 Å². The lowest BCUT2D eigenvalue weighted by Gasteiger charge is -2.17. The molecule has 5 nitrogen and oxygen atoms in total. The van der Waals surface area contributed by atoms with Gasteiger partial charge in [-0.2, -0.15) is 0 Å². The van der Waals surface area contributed by atoms with Crippen molar-refractivity contribution in [3.8, 4) is 11.5 Å². The summed E-state index contributed by atoms with van der Waals surface area (Å²) in [6, 6.07) is 4.07. The van der Waals surface area contributed by atoms with E-state index in [1.807, 2.05) is 0 Å². The molecule has 1 saturated carbocycles. The summed E-state index contributed by atoms with van der Waals surface area (Å²) in [4.78, 5) is 11.9. The molecule has 92 valence electrons. The second-order valence-corrected chi connectivity index (χ2v) is 4.35. The highest BCUT2D eigenvalue weighted by Crippen LogP contribution is 2.27. The Balaban J connectivity index is 2.14. The van der Waals surface area contributed by atoms with Crippen LogP contribution in [0.25, 0.3) is 0 Å². The molecule has 0 heterocycles. The van der Waals surface area contributed by atoms with E-state index in [4.69, 9.17) is 5.73 Å². The van der Waals surface area contributed by atoms with Gasteiger partial charge in [0, 0.05) is 12.1 Å². The van der Waals surface area contributed by atoms with E-state index < -0.39 is 5.91 Å². The number of hydrogen-bond donors (Lipinski definition) is 4. The number of nitrogens with two attached hydrogens (primary N) is 1. The van der Waals surface area contributed by atoms with E-state index in [1.54, 1.807) is 0 Å². The van der Waals surface area contributed by atoms with Crippen LogP contribution in [0.3, 0.4) is 0 Å². The van der Waals surface area contributed by atoms with Crippen molar-refractivity contribution >= 4 is 5.91 Å². The molecule has 0 bridgehead atoms.